The smallest absolute Gasteiger partial charge is 0.309 e. The van der Waals surface area contributed by atoms with Crippen LogP contribution in [0.5, 0.6) is 5.75 Å². The number of pyridine rings is 1. The molecule has 0 saturated carbocycles. The number of aliphatic hydroxyl groups excluding tert-OH is 2. The Bertz CT molecular complexity index is 1220. The van der Waals surface area contributed by atoms with Crippen LogP contribution in [0, 0.1) is 17.3 Å². The molecule has 7 nitrogen and oxygen atoms in total. The van der Waals surface area contributed by atoms with E-state index < -0.39 is 17.5 Å². The number of fused-ring (bicyclic) bond motifs is 1. The molecule has 1 atom stereocenters. The molecule has 1 aromatic carbocycles. The molecule has 0 unspecified atom stereocenters. The molecule has 0 bridgehead atoms. The highest BCUT2D eigenvalue weighted by Crippen LogP contribution is 2.40. The van der Waals surface area contributed by atoms with Crippen molar-refractivity contribution < 1.29 is 24.9 Å². The standard InChI is InChI=1S/C27H30N2O5S/c1-34-20-6-7-23-22(16-20)25(19(18-30)17-28-23)24(31)8-9-27(26(32)33)10-13-29(14-11-27)12-2-4-21-5-3-15-35-21/h3,5-7,15-17,24,30-31H,8-14,18H2,1H3,(H,32,33)/t24-/m0/s1. The van der Waals surface area contributed by atoms with Crippen molar-refractivity contribution in [2.24, 2.45) is 5.41 Å². The average Bonchev–Trinajstić information content (AvgIpc) is 3.40. The van der Waals surface area contributed by atoms with Crippen molar-refractivity contribution in [1.82, 2.24) is 9.88 Å². The highest BCUT2D eigenvalue weighted by Gasteiger charge is 2.41. The first-order chi connectivity index (χ1) is 17.0. The van der Waals surface area contributed by atoms with E-state index in [4.69, 9.17) is 4.74 Å². The van der Waals surface area contributed by atoms with E-state index >= 15 is 0 Å². The number of piperidine rings is 1. The maximum atomic E-state index is 12.3. The lowest BCUT2D eigenvalue weighted by Crippen LogP contribution is -2.44. The number of thiophene rings is 1. The maximum Gasteiger partial charge on any atom is 0.309 e. The Labute approximate surface area is 209 Å². The molecule has 3 aromatic rings. The molecular weight excluding hydrogens is 464 g/mol. The molecule has 8 heteroatoms. The number of carboxylic acid groups (broad SMARTS) is 1. The van der Waals surface area contributed by atoms with Gasteiger partial charge in [-0.3, -0.25) is 14.7 Å². The van der Waals surface area contributed by atoms with Crippen LogP contribution >= 0.6 is 11.3 Å². The van der Waals surface area contributed by atoms with Crippen molar-refractivity contribution in [3.05, 3.63) is 57.9 Å². The van der Waals surface area contributed by atoms with Crippen LogP contribution in [0.3, 0.4) is 0 Å². The molecule has 0 amide bonds. The Kier molecular flexibility index (Phi) is 8.04. The minimum Gasteiger partial charge on any atom is -0.497 e. The topological polar surface area (TPSA) is 103 Å². The van der Waals surface area contributed by atoms with Crippen molar-refractivity contribution in [2.75, 3.05) is 26.7 Å². The number of benzene rings is 1. The van der Waals surface area contributed by atoms with Gasteiger partial charge in [-0.25, -0.2) is 0 Å². The van der Waals surface area contributed by atoms with Crippen LogP contribution in [0.4, 0.5) is 0 Å². The van der Waals surface area contributed by atoms with Gasteiger partial charge in [0.05, 0.1) is 42.2 Å². The predicted octanol–water partition coefficient (Wildman–Crippen LogP) is 3.83. The average molecular weight is 495 g/mol. The van der Waals surface area contributed by atoms with E-state index in [1.807, 2.05) is 17.5 Å². The quantitative estimate of drug-likeness (QED) is 0.409. The van der Waals surface area contributed by atoms with Crippen molar-refractivity contribution >= 4 is 28.2 Å². The van der Waals surface area contributed by atoms with Crippen molar-refractivity contribution in [3.8, 4) is 17.6 Å². The number of ether oxygens (including phenoxy) is 1. The Morgan fingerprint density at radius 1 is 1.31 bits per heavy atom. The second-order valence-electron chi connectivity index (χ2n) is 8.93. The van der Waals surface area contributed by atoms with E-state index in [0.29, 0.717) is 66.7 Å². The number of carbonyl (C=O) groups is 1. The number of rotatable bonds is 8. The summed E-state index contributed by atoms with van der Waals surface area (Å²) in [5, 5.41) is 33.9. The van der Waals surface area contributed by atoms with E-state index in [2.05, 4.69) is 21.7 Å². The van der Waals surface area contributed by atoms with E-state index in [1.54, 1.807) is 42.8 Å². The third kappa shape index (κ3) is 5.65. The van der Waals surface area contributed by atoms with E-state index in [-0.39, 0.29) is 13.0 Å². The molecule has 1 aliphatic rings. The number of methoxy groups -OCH3 is 1. The fraction of sp³-hybridized carbons (Fsp3) is 0.407. The Hall–Kier alpha value is -2.96. The zero-order valence-electron chi connectivity index (χ0n) is 19.7. The monoisotopic (exact) mass is 494 g/mol. The Morgan fingerprint density at radius 2 is 2.11 bits per heavy atom. The molecule has 4 rings (SSSR count). The lowest BCUT2D eigenvalue weighted by atomic mass is 9.74. The van der Waals surface area contributed by atoms with Gasteiger partial charge in [-0.1, -0.05) is 17.9 Å². The zero-order chi connectivity index (χ0) is 24.8. The van der Waals surface area contributed by atoms with Gasteiger partial charge in [0.1, 0.15) is 5.75 Å². The number of aliphatic carboxylic acids is 1. The van der Waals surface area contributed by atoms with E-state index in [0.717, 1.165) is 4.88 Å². The number of carboxylic acids is 1. The molecule has 184 valence electrons. The summed E-state index contributed by atoms with van der Waals surface area (Å²) in [6.45, 7) is 1.65. The highest BCUT2D eigenvalue weighted by molar-refractivity contribution is 7.10. The molecule has 3 heterocycles. The zero-order valence-corrected chi connectivity index (χ0v) is 20.6. The van der Waals surface area contributed by atoms with Crippen LogP contribution in [0.1, 0.15) is 47.8 Å². The first-order valence-electron chi connectivity index (χ1n) is 11.7. The molecule has 1 saturated heterocycles. The highest BCUT2D eigenvalue weighted by atomic mass is 32.1. The Morgan fingerprint density at radius 3 is 2.77 bits per heavy atom. The predicted molar refractivity (Wildman–Crippen MR) is 135 cm³/mol. The molecule has 2 aromatic heterocycles. The van der Waals surface area contributed by atoms with Gasteiger partial charge in [0.15, 0.2) is 0 Å². The van der Waals surface area contributed by atoms with E-state index in [9.17, 15) is 20.1 Å². The van der Waals surface area contributed by atoms with Gasteiger partial charge in [-0.15, -0.1) is 11.3 Å². The normalized spacial score (nSPS) is 16.4. The van der Waals surface area contributed by atoms with Crippen LogP contribution in [-0.4, -0.2) is 57.9 Å². The summed E-state index contributed by atoms with van der Waals surface area (Å²) in [4.78, 5) is 19.9. The largest absolute Gasteiger partial charge is 0.497 e. The molecule has 1 fully saturated rings. The first-order valence-corrected chi connectivity index (χ1v) is 12.6. The van der Waals surface area contributed by atoms with Crippen molar-refractivity contribution in [3.63, 3.8) is 0 Å². The SMILES string of the molecule is COc1ccc2ncc(CO)c([C@@H](O)CCC3(C(=O)O)CCN(CC#Cc4cccs4)CC3)c2c1. The van der Waals surface area contributed by atoms with Crippen LogP contribution in [0.25, 0.3) is 10.9 Å². The summed E-state index contributed by atoms with van der Waals surface area (Å²) in [6.07, 6.45) is 2.27. The molecule has 3 N–H and O–H groups in total. The number of aromatic nitrogens is 1. The number of hydrogen-bond donors (Lipinski definition) is 3. The fourth-order valence-corrected chi connectivity index (χ4v) is 5.33. The van der Waals surface area contributed by atoms with Gasteiger partial charge >= 0.3 is 5.97 Å². The number of likely N-dealkylation sites (tertiary alicyclic amines) is 1. The summed E-state index contributed by atoms with van der Waals surface area (Å²) >= 11 is 1.61. The van der Waals surface area contributed by atoms with Crippen LogP contribution in [-0.2, 0) is 11.4 Å². The molecule has 35 heavy (non-hydrogen) atoms. The molecule has 0 aliphatic carbocycles. The van der Waals surface area contributed by atoms with Gasteiger partial charge in [0.25, 0.3) is 0 Å². The summed E-state index contributed by atoms with van der Waals surface area (Å²) in [7, 11) is 1.57. The summed E-state index contributed by atoms with van der Waals surface area (Å²) in [5.41, 5.74) is 0.903. The summed E-state index contributed by atoms with van der Waals surface area (Å²) in [6, 6.07) is 9.35. The van der Waals surface area contributed by atoms with Crippen LogP contribution < -0.4 is 4.74 Å². The van der Waals surface area contributed by atoms with Gasteiger partial charge in [0.2, 0.25) is 0 Å². The second kappa shape index (κ2) is 11.2. The molecule has 0 spiro atoms. The molecular formula is C27H30N2O5S. The third-order valence-electron chi connectivity index (χ3n) is 6.90. The Balaban J connectivity index is 1.46. The van der Waals surface area contributed by atoms with Gasteiger partial charge in [0, 0.05) is 30.2 Å². The minimum absolute atomic E-state index is 0.266. The summed E-state index contributed by atoms with van der Waals surface area (Å²) in [5.74, 6) is 6.14. The lowest BCUT2D eigenvalue weighted by Gasteiger charge is -2.38. The third-order valence-corrected chi connectivity index (χ3v) is 7.69. The van der Waals surface area contributed by atoms with E-state index in [1.165, 1.54) is 0 Å². The first kappa shape index (κ1) is 25.1. The molecule has 1 aliphatic heterocycles. The summed E-state index contributed by atoms with van der Waals surface area (Å²) < 4.78 is 5.33. The number of hydrogen-bond acceptors (Lipinski definition) is 7. The lowest BCUT2D eigenvalue weighted by molar-refractivity contribution is -0.153. The van der Waals surface area contributed by atoms with Gasteiger partial charge in [-0.05, 0) is 60.9 Å². The number of nitrogens with zero attached hydrogens (tertiary/aromatic N) is 2. The molecule has 0 radical (unpaired) electrons. The second-order valence-corrected chi connectivity index (χ2v) is 9.88. The van der Waals surface area contributed by atoms with Gasteiger partial charge < -0.3 is 20.1 Å². The van der Waals surface area contributed by atoms with Crippen molar-refractivity contribution in [1.29, 1.82) is 0 Å². The fourth-order valence-electron chi connectivity index (χ4n) is 4.74. The van der Waals surface area contributed by atoms with Crippen molar-refractivity contribution in [2.45, 2.75) is 38.4 Å². The minimum atomic E-state index is -0.930. The van der Waals surface area contributed by atoms with Crippen LogP contribution in [0.2, 0.25) is 0 Å². The number of aliphatic hydroxyl groups is 2. The van der Waals surface area contributed by atoms with Gasteiger partial charge in [-0.2, -0.15) is 0 Å². The van der Waals surface area contributed by atoms with Crippen LogP contribution in [0.15, 0.2) is 41.9 Å². The maximum absolute atomic E-state index is 12.3.